The molecule has 4 rings (SSSR count). The van der Waals surface area contributed by atoms with Crippen LogP contribution in [0.3, 0.4) is 0 Å². The highest BCUT2D eigenvalue weighted by atomic mass is 32.2. The molecule has 0 bridgehead atoms. The zero-order chi connectivity index (χ0) is 22.8. The van der Waals surface area contributed by atoms with Gasteiger partial charge in [-0.1, -0.05) is 30.0 Å². The van der Waals surface area contributed by atoms with Crippen LogP contribution in [0.1, 0.15) is 18.2 Å². The van der Waals surface area contributed by atoms with Crippen LogP contribution >= 0.6 is 11.8 Å². The summed E-state index contributed by atoms with van der Waals surface area (Å²) in [7, 11) is 0. The smallest absolute Gasteiger partial charge is 0.163 e. The summed E-state index contributed by atoms with van der Waals surface area (Å²) >= 11 is 1.35. The molecule has 3 aromatic rings. The molecular weight excluding hydrogens is 437 g/mol. The Balaban J connectivity index is 1.69. The van der Waals surface area contributed by atoms with Crippen molar-refractivity contribution in [2.45, 2.75) is 53.3 Å². The van der Waals surface area contributed by atoms with Crippen molar-refractivity contribution < 1.29 is 34.7 Å². The first-order valence-electron chi connectivity index (χ1n) is 10.4. The SMILES string of the molecule is OCCCc1ccc(Sc2cn([C@@H]3O[C@H](CO)[C@@H](O)[C@H](O)[C@H]3O)c3cccc(F)c23)cc1. The molecule has 1 fully saturated rings. The van der Waals surface area contributed by atoms with E-state index in [2.05, 4.69) is 0 Å². The molecule has 5 atom stereocenters. The lowest BCUT2D eigenvalue weighted by Crippen LogP contribution is -2.56. The van der Waals surface area contributed by atoms with Crippen LogP contribution in [0.4, 0.5) is 4.39 Å². The molecule has 1 aliphatic heterocycles. The lowest BCUT2D eigenvalue weighted by atomic mass is 9.98. The number of aliphatic hydroxyl groups excluding tert-OH is 5. The quantitative estimate of drug-likeness (QED) is 0.363. The normalized spacial score (nSPS) is 26.0. The molecule has 0 aliphatic carbocycles. The summed E-state index contributed by atoms with van der Waals surface area (Å²) < 4.78 is 22.0. The molecular formula is C23H26FNO6S. The van der Waals surface area contributed by atoms with Crippen LogP contribution < -0.4 is 0 Å². The average Bonchev–Trinajstić information content (AvgIpc) is 3.16. The second-order valence-electron chi connectivity index (χ2n) is 7.83. The number of aliphatic hydroxyl groups is 5. The summed E-state index contributed by atoms with van der Waals surface area (Å²) in [4.78, 5) is 1.48. The van der Waals surface area contributed by atoms with E-state index in [1.54, 1.807) is 18.3 Å². The number of halogens is 1. The Morgan fingerprint density at radius 1 is 0.969 bits per heavy atom. The number of aromatic nitrogens is 1. The van der Waals surface area contributed by atoms with Crippen molar-refractivity contribution in [3.8, 4) is 0 Å². The number of rotatable bonds is 7. The zero-order valence-corrected chi connectivity index (χ0v) is 18.0. The van der Waals surface area contributed by atoms with E-state index >= 15 is 0 Å². The maximum atomic E-state index is 14.8. The van der Waals surface area contributed by atoms with Gasteiger partial charge in [-0.3, -0.25) is 0 Å². The van der Waals surface area contributed by atoms with Gasteiger partial charge in [0.1, 0.15) is 30.2 Å². The molecule has 7 nitrogen and oxygen atoms in total. The summed E-state index contributed by atoms with van der Waals surface area (Å²) in [6.07, 6.45) is -3.56. The van der Waals surface area contributed by atoms with Crippen molar-refractivity contribution in [1.29, 1.82) is 0 Å². The summed E-state index contributed by atoms with van der Waals surface area (Å²) in [6, 6.07) is 12.4. The van der Waals surface area contributed by atoms with Gasteiger partial charge in [0.05, 0.1) is 12.1 Å². The number of aryl methyl sites for hydroxylation is 1. The van der Waals surface area contributed by atoms with Gasteiger partial charge in [0, 0.05) is 28.0 Å². The van der Waals surface area contributed by atoms with Crippen LogP contribution in [0.25, 0.3) is 10.9 Å². The van der Waals surface area contributed by atoms with E-state index < -0.39 is 43.1 Å². The van der Waals surface area contributed by atoms with Gasteiger partial charge in [0.15, 0.2) is 6.23 Å². The van der Waals surface area contributed by atoms with Crippen LogP contribution in [-0.2, 0) is 11.2 Å². The molecule has 0 amide bonds. The van der Waals surface area contributed by atoms with Crippen molar-refractivity contribution in [3.05, 3.63) is 60.0 Å². The van der Waals surface area contributed by atoms with Gasteiger partial charge in [-0.05, 0) is 42.7 Å². The summed E-state index contributed by atoms with van der Waals surface area (Å²) in [5, 5.41) is 49.6. The highest BCUT2D eigenvalue weighted by Crippen LogP contribution is 2.40. The zero-order valence-electron chi connectivity index (χ0n) is 17.2. The number of ether oxygens (including phenoxy) is 1. The highest BCUT2D eigenvalue weighted by molar-refractivity contribution is 7.99. The van der Waals surface area contributed by atoms with Gasteiger partial charge in [-0.2, -0.15) is 0 Å². The third kappa shape index (κ3) is 4.42. The van der Waals surface area contributed by atoms with Crippen LogP contribution in [0.5, 0.6) is 0 Å². The molecule has 2 aromatic carbocycles. The summed E-state index contributed by atoms with van der Waals surface area (Å²) in [6.45, 7) is -0.410. The van der Waals surface area contributed by atoms with Crippen LogP contribution in [0.15, 0.2) is 58.5 Å². The fraction of sp³-hybridized carbons (Fsp3) is 0.391. The van der Waals surface area contributed by atoms with Gasteiger partial charge in [0.2, 0.25) is 0 Å². The predicted octanol–water partition coefficient (Wildman–Crippen LogP) is 1.83. The molecule has 32 heavy (non-hydrogen) atoms. The molecule has 9 heteroatoms. The topological polar surface area (TPSA) is 115 Å². The van der Waals surface area contributed by atoms with Crippen LogP contribution in [-0.4, -0.2) is 67.7 Å². The Labute approximate surface area is 188 Å². The highest BCUT2D eigenvalue weighted by Gasteiger charge is 2.44. The van der Waals surface area contributed by atoms with E-state index in [4.69, 9.17) is 9.84 Å². The Morgan fingerprint density at radius 2 is 1.72 bits per heavy atom. The van der Waals surface area contributed by atoms with Crippen LogP contribution in [0, 0.1) is 5.82 Å². The van der Waals surface area contributed by atoms with E-state index in [1.165, 1.54) is 22.4 Å². The molecule has 1 aromatic heterocycles. The van der Waals surface area contributed by atoms with E-state index in [0.717, 1.165) is 16.9 Å². The molecule has 5 N–H and O–H groups in total. The maximum absolute atomic E-state index is 14.8. The molecule has 0 radical (unpaired) electrons. The number of nitrogens with zero attached hydrogens (tertiary/aromatic N) is 1. The molecule has 0 spiro atoms. The molecule has 1 aliphatic rings. The Kier molecular flexibility index (Phi) is 7.16. The molecule has 1 saturated heterocycles. The van der Waals surface area contributed by atoms with Crippen LogP contribution in [0.2, 0.25) is 0 Å². The average molecular weight is 464 g/mol. The Hall–Kier alpha value is -1.98. The maximum Gasteiger partial charge on any atom is 0.163 e. The monoisotopic (exact) mass is 463 g/mol. The fourth-order valence-corrected chi connectivity index (χ4v) is 4.96. The molecule has 2 heterocycles. The first kappa shape index (κ1) is 23.2. The van der Waals surface area contributed by atoms with Gasteiger partial charge in [-0.15, -0.1) is 0 Å². The number of benzene rings is 2. The number of hydrogen-bond acceptors (Lipinski definition) is 7. The largest absolute Gasteiger partial charge is 0.396 e. The van der Waals surface area contributed by atoms with Gasteiger partial charge >= 0.3 is 0 Å². The van der Waals surface area contributed by atoms with E-state index in [-0.39, 0.29) is 6.61 Å². The van der Waals surface area contributed by atoms with Gasteiger partial charge in [0.25, 0.3) is 0 Å². The molecule has 0 saturated carbocycles. The van der Waals surface area contributed by atoms with Crippen molar-refractivity contribution >= 4 is 22.7 Å². The van der Waals surface area contributed by atoms with Crippen molar-refractivity contribution in [3.63, 3.8) is 0 Å². The summed E-state index contributed by atoms with van der Waals surface area (Å²) in [5.41, 5.74) is 1.55. The van der Waals surface area contributed by atoms with Gasteiger partial charge < -0.3 is 34.8 Å². The minimum Gasteiger partial charge on any atom is -0.396 e. The lowest BCUT2D eigenvalue weighted by molar-refractivity contribution is -0.250. The third-order valence-corrected chi connectivity index (χ3v) is 6.73. The Bertz CT molecular complexity index is 1060. The second-order valence-corrected chi connectivity index (χ2v) is 8.94. The van der Waals surface area contributed by atoms with E-state index in [0.29, 0.717) is 22.2 Å². The minimum absolute atomic E-state index is 0.132. The minimum atomic E-state index is -1.53. The first-order valence-corrected chi connectivity index (χ1v) is 11.2. The fourth-order valence-electron chi connectivity index (χ4n) is 3.97. The number of hydrogen-bond donors (Lipinski definition) is 5. The van der Waals surface area contributed by atoms with E-state index in [1.807, 2.05) is 24.3 Å². The lowest BCUT2D eigenvalue weighted by Gasteiger charge is -2.40. The van der Waals surface area contributed by atoms with Crippen molar-refractivity contribution in [2.75, 3.05) is 13.2 Å². The van der Waals surface area contributed by atoms with E-state index in [9.17, 15) is 24.8 Å². The summed E-state index contributed by atoms with van der Waals surface area (Å²) in [5.74, 6) is -0.437. The predicted molar refractivity (Wildman–Crippen MR) is 117 cm³/mol. The molecule has 172 valence electrons. The molecule has 0 unspecified atom stereocenters. The first-order chi connectivity index (χ1) is 15.4. The Morgan fingerprint density at radius 3 is 2.41 bits per heavy atom. The second kappa shape index (κ2) is 9.88. The van der Waals surface area contributed by atoms with Crippen molar-refractivity contribution in [1.82, 2.24) is 4.57 Å². The van der Waals surface area contributed by atoms with Gasteiger partial charge in [-0.25, -0.2) is 4.39 Å². The standard InChI is InChI=1S/C23H26FNO6S/c24-15-4-1-5-16-19(15)18(32-14-8-6-13(7-9-14)3-2-10-26)11-25(16)23-22(30)21(29)20(28)17(12-27)31-23/h1,4-9,11,17,20-23,26-30H,2-3,10,12H2/t17-,20-,21+,22-,23-/m1/s1. The number of fused-ring (bicyclic) bond motifs is 1. The van der Waals surface area contributed by atoms with Crippen molar-refractivity contribution in [2.24, 2.45) is 0 Å². The third-order valence-electron chi connectivity index (χ3n) is 5.69.